The number of fused-ring (bicyclic) bond motifs is 1. The second-order valence-corrected chi connectivity index (χ2v) is 9.00. The first-order valence-electron chi connectivity index (χ1n) is 8.65. The number of benzene rings is 1. The second-order valence-electron chi connectivity index (χ2n) is 6.56. The predicted octanol–water partition coefficient (Wildman–Crippen LogP) is 3.95. The Morgan fingerprint density at radius 1 is 1.11 bits per heavy atom. The van der Waals surface area contributed by atoms with Gasteiger partial charge in [0.05, 0.1) is 9.73 Å². The van der Waals surface area contributed by atoms with E-state index in [1.165, 1.54) is 10.6 Å². The minimum absolute atomic E-state index is 0.0833. The first-order chi connectivity index (χ1) is 13.4. The average Bonchev–Trinajstić information content (AvgIpc) is 3.14. The zero-order valence-electron chi connectivity index (χ0n) is 15.7. The Labute approximate surface area is 162 Å². The average molecular weight is 393 g/mol. The highest BCUT2D eigenvalue weighted by molar-refractivity contribution is 7.93. The first-order valence-corrected chi connectivity index (χ1v) is 10.6. The third-order valence-electron chi connectivity index (χ3n) is 4.71. The van der Waals surface area contributed by atoms with E-state index in [1.807, 2.05) is 36.4 Å². The molecule has 7 heteroatoms. The fourth-order valence-corrected chi connectivity index (χ4v) is 3.94. The van der Waals surface area contributed by atoms with Crippen molar-refractivity contribution in [2.24, 2.45) is 11.4 Å². The van der Waals surface area contributed by atoms with Gasteiger partial charge in [-0.1, -0.05) is 12.1 Å². The zero-order valence-corrected chi connectivity index (χ0v) is 16.6. The van der Waals surface area contributed by atoms with Gasteiger partial charge >= 0.3 is 0 Å². The minimum atomic E-state index is -2.43. The highest BCUT2D eigenvalue weighted by Gasteiger charge is 2.14. The normalized spacial score (nSPS) is 13.4. The molecule has 0 saturated heterocycles. The van der Waals surface area contributed by atoms with Gasteiger partial charge in [0.2, 0.25) is 5.56 Å². The lowest BCUT2D eigenvalue weighted by Crippen LogP contribution is -2.13. The van der Waals surface area contributed by atoms with Crippen LogP contribution in [0.1, 0.15) is 0 Å². The molecular weight excluding hydrogens is 374 g/mol. The lowest BCUT2D eigenvalue weighted by Gasteiger charge is -2.07. The molecule has 0 amide bonds. The summed E-state index contributed by atoms with van der Waals surface area (Å²) in [5.74, 6) is 0.629. The molecule has 1 aromatic carbocycles. The largest absolute Gasteiger partial charge is 0.454 e. The van der Waals surface area contributed by atoms with Crippen molar-refractivity contribution in [3.05, 3.63) is 71.3 Å². The molecule has 4 rings (SSSR count). The maximum atomic E-state index is 12.6. The third-order valence-corrected chi connectivity index (χ3v) is 6.54. The molecule has 0 fully saturated rings. The summed E-state index contributed by atoms with van der Waals surface area (Å²) in [7, 11) is 0.828. The number of pyridine rings is 2. The fraction of sp³-hybridized carbons (Fsp3) is 0.143. The van der Waals surface area contributed by atoms with E-state index in [0.717, 1.165) is 16.7 Å². The van der Waals surface area contributed by atoms with Crippen LogP contribution in [-0.4, -0.2) is 27.1 Å². The van der Waals surface area contributed by atoms with E-state index in [0.29, 0.717) is 21.8 Å². The first kappa shape index (κ1) is 18.2. The van der Waals surface area contributed by atoms with Crippen molar-refractivity contribution >= 4 is 20.8 Å². The van der Waals surface area contributed by atoms with Gasteiger partial charge in [-0.3, -0.25) is 9.78 Å². The molecule has 0 aliphatic carbocycles. The molecule has 0 spiro atoms. The maximum absolute atomic E-state index is 12.6. The van der Waals surface area contributed by atoms with E-state index in [2.05, 4.69) is 9.35 Å². The lowest BCUT2D eigenvalue weighted by molar-refractivity contribution is 0.630. The number of aromatic nitrogens is 2. The topological polar surface area (TPSA) is 77.5 Å². The highest BCUT2D eigenvalue weighted by Crippen LogP contribution is 2.34. The molecule has 1 unspecified atom stereocenters. The lowest BCUT2D eigenvalue weighted by atomic mass is 10.1. The molecule has 142 valence electrons. The molecule has 1 atom stereocenters. The summed E-state index contributed by atoms with van der Waals surface area (Å²) in [4.78, 5) is 16.7. The number of hydrogen-bond acceptors (Lipinski definition) is 5. The summed E-state index contributed by atoms with van der Waals surface area (Å²) < 4.78 is 24.3. The summed E-state index contributed by atoms with van der Waals surface area (Å²) in [6, 6.07) is 14.5. The van der Waals surface area contributed by atoms with Crippen LogP contribution in [0, 0.1) is 0 Å². The van der Waals surface area contributed by atoms with Crippen LogP contribution in [0.5, 0.6) is 0 Å². The van der Waals surface area contributed by atoms with E-state index in [4.69, 9.17) is 4.42 Å². The van der Waals surface area contributed by atoms with Crippen molar-refractivity contribution in [2.45, 2.75) is 4.90 Å². The van der Waals surface area contributed by atoms with E-state index in [1.54, 1.807) is 38.8 Å². The van der Waals surface area contributed by atoms with Crippen molar-refractivity contribution in [3.63, 3.8) is 0 Å². The number of rotatable bonds is 3. The zero-order chi connectivity index (χ0) is 19.9. The Morgan fingerprint density at radius 3 is 2.68 bits per heavy atom. The summed E-state index contributed by atoms with van der Waals surface area (Å²) >= 11 is 0. The SMILES string of the molecule is CN=S(C)(=O)c1cccc(-c2ccnc3cc(-c4ccc(=O)n(C)c4)oc23)c1. The monoisotopic (exact) mass is 393 g/mol. The Hall–Kier alpha value is -3.19. The third kappa shape index (κ3) is 3.14. The van der Waals surface area contributed by atoms with Crippen LogP contribution in [0.2, 0.25) is 0 Å². The van der Waals surface area contributed by atoms with Crippen LogP contribution in [0.25, 0.3) is 33.6 Å². The molecule has 3 heterocycles. The van der Waals surface area contributed by atoms with Crippen molar-refractivity contribution in [1.82, 2.24) is 9.55 Å². The quantitative estimate of drug-likeness (QED) is 0.528. The van der Waals surface area contributed by atoms with Gasteiger partial charge in [-0.15, -0.1) is 0 Å². The Kier molecular flexibility index (Phi) is 4.39. The Morgan fingerprint density at radius 2 is 1.93 bits per heavy atom. The molecule has 0 N–H and O–H groups in total. The van der Waals surface area contributed by atoms with Gasteiger partial charge in [0.15, 0.2) is 5.58 Å². The summed E-state index contributed by atoms with van der Waals surface area (Å²) in [6.07, 6.45) is 5.08. The molecule has 0 aliphatic heterocycles. The van der Waals surface area contributed by atoms with Crippen LogP contribution in [0.4, 0.5) is 0 Å². The molecule has 0 aliphatic rings. The summed E-state index contributed by atoms with van der Waals surface area (Å²) in [5.41, 5.74) is 3.79. The van der Waals surface area contributed by atoms with Crippen LogP contribution in [-0.2, 0) is 16.8 Å². The van der Waals surface area contributed by atoms with Crippen molar-refractivity contribution < 1.29 is 8.63 Å². The van der Waals surface area contributed by atoms with Crippen LogP contribution in [0.15, 0.2) is 79.4 Å². The van der Waals surface area contributed by atoms with E-state index >= 15 is 0 Å². The molecule has 0 saturated carbocycles. The van der Waals surface area contributed by atoms with Gasteiger partial charge in [-0.25, -0.2) is 8.57 Å². The molecule has 3 aromatic heterocycles. The van der Waals surface area contributed by atoms with E-state index in [-0.39, 0.29) is 5.56 Å². The smallest absolute Gasteiger partial charge is 0.250 e. The highest BCUT2D eigenvalue weighted by atomic mass is 32.2. The van der Waals surface area contributed by atoms with Crippen LogP contribution >= 0.6 is 0 Å². The van der Waals surface area contributed by atoms with Gasteiger partial charge in [0, 0.05) is 60.9 Å². The van der Waals surface area contributed by atoms with Crippen LogP contribution in [0.3, 0.4) is 0 Å². The van der Waals surface area contributed by atoms with Gasteiger partial charge in [-0.05, 0) is 29.8 Å². The summed E-state index contributed by atoms with van der Waals surface area (Å²) in [6.45, 7) is 0. The molecule has 0 radical (unpaired) electrons. The van der Waals surface area contributed by atoms with E-state index in [9.17, 15) is 9.00 Å². The molecular formula is C21H19N3O3S. The Balaban J connectivity index is 1.89. The number of hydrogen-bond donors (Lipinski definition) is 0. The molecule has 4 aromatic rings. The van der Waals surface area contributed by atoms with Crippen molar-refractivity contribution in [2.75, 3.05) is 13.3 Å². The Bertz CT molecular complexity index is 1380. The van der Waals surface area contributed by atoms with Crippen molar-refractivity contribution in [1.29, 1.82) is 0 Å². The maximum Gasteiger partial charge on any atom is 0.250 e. The minimum Gasteiger partial charge on any atom is -0.454 e. The van der Waals surface area contributed by atoms with Gasteiger partial charge < -0.3 is 8.98 Å². The van der Waals surface area contributed by atoms with Gasteiger partial charge in [0.25, 0.3) is 0 Å². The molecule has 28 heavy (non-hydrogen) atoms. The number of aryl methyl sites for hydroxylation is 1. The molecule has 0 bridgehead atoms. The second kappa shape index (κ2) is 6.76. The fourth-order valence-electron chi connectivity index (χ4n) is 3.05. The number of furan rings is 1. The predicted molar refractivity (Wildman–Crippen MR) is 111 cm³/mol. The molecule has 6 nitrogen and oxygen atoms in total. The van der Waals surface area contributed by atoms with Gasteiger partial charge in [-0.2, -0.15) is 0 Å². The standard InChI is InChI=1S/C21H19N3O3S/c1-22-28(3,26)16-6-4-5-14(11-16)17-9-10-23-18-12-19(27-21(17)18)15-7-8-20(25)24(2)13-15/h4-13H,1-3H3. The van der Waals surface area contributed by atoms with Crippen molar-refractivity contribution in [3.8, 4) is 22.5 Å². The van der Waals surface area contributed by atoms with E-state index < -0.39 is 9.73 Å². The summed E-state index contributed by atoms with van der Waals surface area (Å²) in [5, 5.41) is 0. The number of nitrogens with zero attached hydrogens (tertiary/aromatic N) is 3. The van der Waals surface area contributed by atoms with Gasteiger partial charge in [0.1, 0.15) is 11.3 Å². The van der Waals surface area contributed by atoms with Crippen LogP contribution < -0.4 is 5.56 Å².